The van der Waals surface area contributed by atoms with Gasteiger partial charge in [-0.05, 0) is 13.8 Å². The van der Waals surface area contributed by atoms with Crippen molar-refractivity contribution in [1.29, 1.82) is 0 Å². The molecule has 0 amide bonds. The number of hydrogen-bond acceptors (Lipinski definition) is 4. The molecule has 1 aliphatic rings. The van der Waals surface area contributed by atoms with Crippen LogP contribution in [0.3, 0.4) is 0 Å². The lowest BCUT2D eigenvalue weighted by molar-refractivity contribution is -0.360. The predicted molar refractivity (Wildman–Crippen MR) is 48.2 cm³/mol. The average molecular weight is 333 g/mol. The molecule has 0 aromatic rings. The van der Waals surface area contributed by atoms with Gasteiger partial charge in [0.25, 0.3) is 7.82 Å². The van der Waals surface area contributed by atoms with Crippen LogP contribution in [-0.2, 0) is 13.6 Å². The summed E-state index contributed by atoms with van der Waals surface area (Å²) in [5, 5.41) is 0. The molecule has 0 aliphatic carbocycles. The molecule has 1 aliphatic heterocycles. The van der Waals surface area contributed by atoms with Crippen LogP contribution in [0.1, 0.15) is 20.3 Å². The Morgan fingerprint density at radius 2 is 1.65 bits per heavy atom. The minimum Gasteiger partial charge on any atom is -0.756 e. The molecule has 12 heteroatoms. The Balaban J connectivity index is 3.06. The minimum atomic E-state index is -6.49. The Hall–Kier alpha value is -0.380. The highest BCUT2D eigenvalue weighted by Crippen LogP contribution is 2.58. The smallest absolute Gasteiger partial charge is 0.459 e. The van der Waals surface area contributed by atoms with Gasteiger partial charge in [-0.1, -0.05) is 0 Å². The fraction of sp³-hybridized carbons (Fsp3) is 1.00. The van der Waals surface area contributed by atoms with E-state index in [1.165, 1.54) is 0 Å². The van der Waals surface area contributed by atoms with E-state index in [2.05, 4.69) is 9.05 Å². The van der Waals surface area contributed by atoms with Crippen LogP contribution in [-0.4, -0.2) is 29.7 Å². The van der Waals surface area contributed by atoms with E-state index in [4.69, 9.17) is 0 Å². The fourth-order valence-corrected chi connectivity index (χ4v) is 2.97. The highest BCUT2D eigenvalue weighted by Gasteiger charge is 2.74. The van der Waals surface area contributed by atoms with E-state index in [9.17, 15) is 40.2 Å². The third-order valence-electron chi connectivity index (χ3n) is 2.86. The molecule has 1 heterocycles. The van der Waals surface area contributed by atoms with Crippen LogP contribution >= 0.6 is 7.82 Å². The summed E-state index contributed by atoms with van der Waals surface area (Å²) in [4.78, 5) is 10.9. The number of alkyl halides is 7. The molecule has 1 rings (SSSR count). The van der Waals surface area contributed by atoms with Crippen LogP contribution in [0.15, 0.2) is 0 Å². The average Bonchev–Trinajstić information content (AvgIpc) is 2.30. The molecule has 0 bridgehead atoms. The van der Waals surface area contributed by atoms with Gasteiger partial charge >= 0.3 is 18.0 Å². The van der Waals surface area contributed by atoms with Crippen molar-refractivity contribution >= 4 is 7.82 Å². The van der Waals surface area contributed by atoms with Crippen molar-refractivity contribution in [1.82, 2.24) is 0 Å². The normalized spacial score (nSPS) is 36.4. The van der Waals surface area contributed by atoms with Gasteiger partial charge in [0, 0.05) is 6.42 Å². The predicted octanol–water partition coefficient (Wildman–Crippen LogP) is 2.87. The van der Waals surface area contributed by atoms with E-state index in [1.807, 2.05) is 0 Å². The van der Waals surface area contributed by atoms with Gasteiger partial charge in [0.2, 0.25) is 0 Å². The van der Waals surface area contributed by atoms with Crippen molar-refractivity contribution in [2.75, 3.05) is 0 Å². The molecule has 3 unspecified atom stereocenters. The van der Waals surface area contributed by atoms with Gasteiger partial charge in [0.15, 0.2) is 0 Å². The van der Waals surface area contributed by atoms with Gasteiger partial charge in [0.1, 0.15) is 5.60 Å². The minimum absolute atomic E-state index is 0.648. The van der Waals surface area contributed by atoms with Crippen molar-refractivity contribution in [3.8, 4) is 0 Å². The largest absolute Gasteiger partial charge is 0.756 e. The number of phosphoric ester groups is 1. The molecule has 0 spiro atoms. The standard InChI is InChI=1S/C8H10F7O4P/c1-4-5(2,19-20(16,17)18-4)3-6(9,10)7(11,12)8(13,14)15/h4H,3H2,1-2H3,(H,16,17)/p-1. The first-order valence-corrected chi connectivity index (χ1v) is 6.53. The Morgan fingerprint density at radius 1 is 1.20 bits per heavy atom. The monoisotopic (exact) mass is 333 g/mol. The highest BCUT2D eigenvalue weighted by molar-refractivity contribution is 7.46. The summed E-state index contributed by atoms with van der Waals surface area (Å²) in [5.41, 5.74) is -2.53. The summed E-state index contributed by atoms with van der Waals surface area (Å²) in [6.45, 7) is 1.55. The SMILES string of the molecule is CC1OP(=O)([O-])OC1(C)CC(F)(F)C(F)(F)C(F)(F)F. The zero-order chi connectivity index (χ0) is 16.2. The van der Waals surface area contributed by atoms with Gasteiger partial charge in [-0.2, -0.15) is 30.7 Å². The van der Waals surface area contributed by atoms with E-state index >= 15 is 0 Å². The van der Waals surface area contributed by atoms with Crippen molar-refractivity contribution < 1.29 is 49.2 Å². The molecule has 0 aromatic heterocycles. The van der Waals surface area contributed by atoms with E-state index < -0.39 is 44.0 Å². The van der Waals surface area contributed by atoms with E-state index in [1.54, 1.807) is 0 Å². The second kappa shape index (κ2) is 4.56. The molecule has 0 aromatic carbocycles. The number of phosphoric acid groups is 1. The maximum atomic E-state index is 13.2. The third kappa shape index (κ3) is 2.95. The molecule has 1 saturated heterocycles. The van der Waals surface area contributed by atoms with Crippen LogP contribution in [0, 0.1) is 0 Å². The van der Waals surface area contributed by atoms with Crippen molar-refractivity contribution in [2.24, 2.45) is 0 Å². The lowest BCUT2D eigenvalue weighted by atomic mass is 9.90. The van der Waals surface area contributed by atoms with Gasteiger partial charge in [0.05, 0.1) is 6.10 Å². The maximum Gasteiger partial charge on any atom is 0.459 e. The molecule has 3 atom stereocenters. The van der Waals surface area contributed by atoms with Crippen molar-refractivity contribution in [3.63, 3.8) is 0 Å². The van der Waals surface area contributed by atoms with E-state index in [0.717, 1.165) is 6.92 Å². The van der Waals surface area contributed by atoms with Gasteiger partial charge < -0.3 is 13.9 Å². The van der Waals surface area contributed by atoms with Gasteiger partial charge in [-0.25, -0.2) is 0 Å². The number of halogens is 7. The second-order valence-corrected chi connectivity index (χ2v) is 5.84. The molecule has 4 nitrogen and oxygen atoms in total. The zero-order valence-corrected chi connectivity index (χ0v) is 10.9. The molecule has 20 heavy (non-hydrogen) atoms. The molecule has 0 saturated carbocycles. The summed E-state index contributed by atoms with van der Waals surface area (Å²) in [6, 6.07) is 0. The van der Waals surface area contributed by atoms with E-state index in [-0.39, 0.29) is 0 Å². The van der Waals surface area contributed by atoms with Crippen molar-refractivity contribution in [2.45, 2.75) is 50.0 Å². The lowest BCUT2D eigenvalue weighted by Crippen LogP contribution is -2.56. The number of rotatable bonds is 3. The Bertz CT molecular complexity index is 437. The first-order chi connectivity index (χ1) is 8.54. The first kappa shape index (κ1) is 17.7. The zero-order valence-electron chi connectivity index (χ0n) is 10.0. The highest BCUT2D eigenvalue weighted by atomic mass is 31.2. The summed E-state index contributed by atoms with van der Waals surface area (Å²) < 4.78 is 107. The van der Waals surface area contributed by atoms with Crippen LogP contribution in [0.2, 0.25) is 0 Å². The Kier molecular flexibility index (Phi) is 4.03. The van der Waals surface area contributed by atoms with Crippen LogP contribution in [0.4, 0.5) is 30.7 Å². The number of hydrogen-bond donors (Lipinski definition) is 0. The van der Waals surface area contributed by atoms with Crippen LogP contribution < -0.4 is 4.89 Å². The summed E-state index contributed by atoms with van der Waals surface area (Å²) in [6.07, 6.45) is -10.3. The second-order valence-electron chi connectivity index (χ2n) is 4.55. The Morgan fingerprint density at radius 3 is 1.95 bits per heavy atom. The van der Waals surface area contributed by atoms with Crippen LogP contribution in [0.25, 0.3) is 0 Å². The van der Waals surface area contributed by atoms with Crippen molar-refractivity contribution in [3.05, 3.63) is 0 Å². The first-order valence-electron chi connectivity index (χ1n) is 5.07. The van der Waals surface area contributed by atoms with Gasteiger partial charge in [-0.15, -0.1) is 0 Å². The molecule has 0 N–H and O–H groups in total. The summed E-state index contributed by atoms with van der Waals surface area (Å²) in [5.74, 6) is -11.9. The topological polar surface area (TPSA) is 58.6 Å². The molecule has 1 fully saturated rings. The fourth-order valence-electron chi connectivity index (χ4n) is 1.59. The molecular weight excluding hydrogens is 324 g/mol. The Labute approximate surface area is 108 Å². The van der Waals surface area contributed by atoms with E-state index in [0.29, 0.717) is 6.92 Å². The molecular formula is C8H9F7O4P-. The molecule has 120 valence electrons. The summed E-state index contributed by atoms with van der Waals surface area (Å²) in [7, 11) is -5.01. The molecule has 0 radical (unpaired) electrons. The summed E-state index contributed by atoms with van der Waals surface area (Å²) >= 11 is 0. The lowest BCUT2D eigenvalue weighted by Gasteiger charge is -2.34. The maximum absolute atomic E-state index is 13.2. The third-order valence-corrected chi connectivity index (χ3v) is 4.07. The van der Waals surface area contributed by atoms with Crippen LogP contribution in [0.5, 0.6) is 0 Å². The van der Waals surface area contributed by atoms with Gasteiger partial charge in [-0.3, -0.25) is 4.57 Å². The quantitative estimate of drug-likeness (QED) is 0.589.